The first-order valence-corrected chi connectivity index (χ1v) is 8.15. The lowest BCUT2D eigenvalue weighted by atomic mass is 10.1. The first-order valence-electron chi connectivity index (χ1n) is 6.12. The molecular weight excluding hydrogens is 296 g/mol. The number of nitrogens with one attached hydrogen (secondary N) is 1. The fourth-order valence-electron chi connectivity index (χ4n) is 1.89. The van der Waals surface area contributed by atoms with Gasteiger partial charge in [-0.15, -0.1) is 11.3 Å². The topological polar surface area (TPSA) is 90.2 Å². The molecule has 1 saturated carbocycles. The van der Waals surface area contributed by atoms with Crippen LogP contribution in [0, 0.1) is 16.7 Å². The Hall–Kier alpha value is -1.52. The van der Waals surface area contributed by atoms with Gasteiger partial charge in [0.1, 0.15) is 11.1 Å². The van der Waals surface area contributed by atoms with E-state index in [0.29, 0.717) is 16.3 Å². The summed E-state index contributed by atoms with van der Waals surface area (Å²) in [6, 6.07) is 3.68. The molecule has 1 aliphatic rings. The number of carbonyl (C=O) groups excluding carboxylic acids is 1. The maximum Gasteiger partial charge on any atom is 0.303 e. The van der Waals surface area contributed by atoms with Crippen molar-refractivity contribution in [3.63, 3.8) is 0 Å². The Labute approximate surface area is 125 Å². The van der Waals surface area contributed by atoms with E-state index in [1.807, 2.05) is 6.07 Å². The van der Waals surface area contributed by atoms with E-state index in [0.717, 1.165) is 12.8 Å². The summed E-state index contributed by atoms with van der Waals surface area (Å²) < 4.78 is 0. The Morgan fingerprint density at radius 2 is 2.30 bits per heavy atom. The van der Waals surface area contributed by atoms with Gasteiger partial charge in [0, 0.05) is 0 Å². The number of anilines is 1. The number of rotatable bonds is 7. The van der Waals surface area contributed by atoms with Crippen LogP contribution in [0.4, 0.5) is 5.00 Å². The minimum atomic E-state index is -0.773. The molecule has 0 unspecified atom stereocenters. The third kappa shape index (κ3) is 3.99. The second kappa shape index (κ2) is 6.29. The van der Waals surface area contributed by atoms with Crippen LogP contribution in [0.15, 0.2) is 11.4 Å². The van der Waals surface area contributed by atoms with Crippen molar-refractivity contribution >= 4 is 40.0 Å². The molecule has 20 heavy (non-hydrogen) atoms. The standard InChI is InChI=1S/C13H14N2O3S2/c14-6-9-1-4-20-12(9)15-10(16)7-19-8-13(2-3-13)5-11(17)18/h1,4H,2-3,5,7-8H2,(H,15,16)(H,17,18). The second-order valence-corrected chi connectivity index (χ2v) is 6.79. The van der Waals surface area contributed by atoms with Gasteiger partial charge in [0.2, 0.25) is 5.91 Å². The first kappa shape index (κ1) is 14.9. The van der Waals surface area contributed by atoms with E-state index in [4.69, 9.17) is 10.4 Å². The molecular formula is C13H14N2O3S2. The number of amides is 1. The van der Waals surface area contributed by atoms with E-state index in [1.165, 1.54) is 23.1 Å². The zero-order valence-corrected chi connectivity index (χ0v) is 12.4. The number of aliphatic carboxylic acids is 1. The normalized spacial score (nSPS) is 15.3. The van der Waals surface area contributed by atoms with Crippen molar-refractivity contribution in [3.8, 4) is 6.07 Å². The highest BCUT2D eigenvalue weighted by Gasteiger charge is 2.44. The van der Waals surface area contributed by atoms with Crippen LogP contribution < -0.4 is 5.32 Å². The molecule has 106 valence electrons. The largest absolute Gasteiger partial charge is 0.481 e. The van der Waals surface area contributed by atoms with Gasteiger partial charge in [-0.3, -0.25) is 9.59 Å². The lowest BCUT2D eigenvalue weighted by Gasteiger charge is -2.11. The molecule has 1 aromatic heterocycles. The van der Waals surface area contributed by atoms with E-state index >= 15 is 0 Å². The smallest absolute Gasteiger partial charge is 0.303 e. The predicted molar refractivity (Wildman–Crippen MR) is 78.9 cm³/mol. The van der Waals surface area contributed by atoms with Gasteiger partial charge < -0.3 is 10.4 Å². The van der Waals surface area contributed by atoms with Crippen LogP contribution in [0.5, 0.6) is 0 Å². The van der Waals surface area contributed by atoms with Gasteiger partial charge in [-0.25, -0.2) is 0 Å². The van der Waals surface area contributed by atoms with Gasteiger partial charge in [0.25, 0.3) is 0 Å². The molecule has 1 heterocycles. The highest BCUT2D eigenvalue weighted by Crippen LogP contribution is 2.50. The summed E-state index contributed by atoms with van der Waals surface area (Å²) in [6.07, 6.45) is 2.04. The lowest BCUT2D eigenvalue weighted by molar-refractivity contribution is -0.138. The molecule has 0 bridgehead atoms. The Morgan fingerprint density at radius 1 is 1.55 bits per heavy atom. The molecule has 5 nitrogen and oxygen atoms in total. The van der Waals surface area contributed by atoms with Crippen LogP contribution in [-0.4, -0.2) is 28.5 Å². The average Bonchev–Trinajstić information content (AvgIpc) is 2.98. The zero-order chi connectivity index (χ0) is 14.6. The molecule has 1 amide bonds. The molecule has 1 aromatic rings. The highest BCUT2D eigenvalue weighted by atomic mass is 32.2. The minimum Gasteiger partial charge on any atom is -0.481 e. The molecule has 0 aromatic carbocycles. The number of thiophene rings is 1. The molecule has 0 atom stereocenters. The first-order chi connectivity index (χ1) is 9.54. The zero-order valence-electron chi connectivity index (χ0n) is 10.7. The van der Waals surface area contributed by atoms with Gasteiger partial charge in [-0.2, -0.15) is 17.0 Å². The molecule has 0 spiro atoms. The monoisotopic (exact) mass is 310 g/mol. The van der Waals surface area contributed by atoms with Crippen molar-refractivity contribution < 1.29 is 14.7 Å². The molecule has 2 rings (SSSR count). The van der Waals surface area contributed by atoms with Crippen molar-refractivity contribution in [2.24, 2.45) is 5.41 Å². The minimum absolute atomic E-state index is 0.0997. The van der Waals surface area contributed by atoms with Gasteiger partial charge in [-0.1, -0.05) is 0 Å². The van der Waals surface area contributed by atoms with Gasteiger partial charge in [0.05, 0.1) is 17.7 Å². The average molecular weight is 310 g/mol. The highest BCUT2D eigenvalue weighted by molar-refractivity contribution is 8.00. The maximum atomic E-state index is 11.8. The lowest BCUT2D eigenvalue weighted by Crippen LogP contribution is -2.17. The van der Waals surface area contributed by atoms with Crippen LogP contribution in [0.3, 0.4) is 0 Å². The van der Waals surface area contributed by atoms with E-state index in [-0.39, 0.29) is 23.5 Å². The number of nitriles is 1. The number of thioether (sulfide) groups is 1. The second-order valence-electron chi connectivity index (χ2n) is 4.89. The van der Waals surface area contributed by atoms with Crippen LogP contribution in [0.2, 0.25) is 0 Å². The van der Waals surface area contributed by atoms with E-state index in [9.17, 15) is 9.59 Å². The fraction of sp³-hybridized carbons (Fsp3) is 0.462. The van der Waals surface area contributed by atoms with E-state index in [2.05, 4.69) is 5.32 Å². The summed E-state index contributed by atoms with van der Waals surface area (Å²) in [5.74, 6) is 0.0525. The molecule has 1 fully saturated rings. The summed E-state index contributed by atoms with van der Waals surface area (Å²) >= 11 is 2.78. The van der Waals surface area contributed by atoms with E-state index < -0.39 is 5.97 Å². The van der Waals surface area contributed by atoms with Crippen molar-refractivity contribution in [2.75, 3.05) is 16.8 Å². The van der Waals surface area contributed by atoms with Crippen molar-refractivity contribution in [3.05, 3.63) is 17.0 Å². The molecule has 7 heteroatoms. The molecule has 0 aliphatic heterocycles. The van der Waals surface area contributed by atoms with Gasteiger partial charge in [0.15, 0.2) is 0 Å². The third-order valence-corrected chi connectivity index (χ3v) is 5.28. The number of carboxylic acid groups (broad SMARTS) is 1. The molecule has 2 N–H and O–H groups in total. The summed E-state index contributed by atoms with van der Waals surface area (Å²) in [6.45, 7) is 0. The van der Waals surface area contributed by atoms with Gasteiger partial charge >= 0.3 is 5.97 Å². The van der Waals surface area contributed by atoms with Crippen molar-refractivity contribution in [1.29, 1.82) is 5.26 Å². The molecule has 1 aliphatic carbocycles. The molecule has 0 saturated heterocycles. The Bertz CT molecular complexity index is 558. The van der Waals surface area contributed by atoms with E-state index in [1.54, 1.807) is 11.4 Å². The summed E-state index contributed by atoms with van der Waals surface area (Å²) in [5.41, 5.74) is 0.371. The van der Waals surface area contributed by atoms with Crippen molar-refractivity contribution in [1.82, 2.24) is 0 Å². The van der Waals surface area contributed by atoms with Crippen LogP contribution >= 0.6 is 23.1 Å². The number of carboxylic acids is 1. The summed E-state index contributed by atoms with van der Waals surface area (Å²) in [5, 5.41) is 22.7. The Balaban J connectivity index is 1.74. The summed E-state index contributed by atoms with van der Waals surface area (Å²) in [7, 11) is 0. The quantitative estimate of drug-likeness (QED) is 0.807. The van der Waals surface area contributed by atoms with Crippen LogP contribution in [-0.2, 0) is 9.59 Å². The number of hydrogen-bond acceptors (Lipinski definition) is 5. The van der Waals surface area contributed by atoms with Crippen LogP contribution in [0.1, 0.15) is 24.8 Å². The summed E-state index contributed by atoms with van der Waals surface area (Å²) in [4.78, 5) is 22.5. The fourth-order valence-corrected chi connectivity index (χ4v) is 3.82. The Morgan fingerprint density at radius 3 is 2.90 bits per heavy atom. The Kier molecular flexibility index (Phi) is 4.68. The number of hydrogen-bond donors (Lipinski definition) is 2. The third-order valence-electron chi connectivity index (χ3n) is 3.16. The number of nitrogens with zero attached hydrogens (tertiary/aromatic N) is 1. The van der Waals surface area contributed by atoms with Gasteiger partial charge in [-0.05, 0) is 35.5 Å². The molecule has 0 radical (unpaired) electrons. The van der Waals surface area contributed by atoms with Crippen molar-refractivity contribution in [2.45, 2.75) is 19.3 Å². The number of carbonyl (C=O) groups is 2. The van der Waals surface area contributed by atoms with Crippen LogP contribution in [0.25, 0.3) is 0 Å². The maximum absolute atomic E-state index is 11.8. The SMILES string of the molecule is N#Cc1ccsc1NC(=O)CSCC1(CC(=O)O)CC1. The predicted octanol–water partition coefficient (Wildman–Crippen LogP) is 2.55.